The number of rotatable bonds is 6. The van der Waals surface area contributed by atoms with Crippen LogP contribution in [-0.2, 0) is 4.79 Å². The van der Waals surface area contributed by atoms with Crippen LogP contribution in [-0.4, -0.2) is 29.8 Å². The third-order valence-corrected chi connectivity index (χ3v) is 3.58. The number of aromatic nitrogens is 2. The topological polar surface area (TPSA) is 76.2 Å². The van der Waals surface area contributed by atoms with Crippen LogP contribution in [0.15, 0.2) is 54.6 Å². The molecule has 6 nitrogen and oxygen atoms in total. The molecule has 0 aliphatic heterocycles. The maximum atomic E-state index is 12.1. The average Bonchev–Trinajstić information content (AvgIpc) is 3.07. The number of benzene rings is 2. The molecule has 0 saturated carbocycles. The first-order valence-corrected chi connectivity index (χ1v) is 7.84. The molecule has 0 radical (unpaired) electrons. The van der Waals surface area contributed by atoms with Crippen molar-refractivity contribution in [2.45, 2.75) is 6.92 Å². The van der Waals surface area contributed by atoms with Crippen molar-refractivity contribution in [3.05, 3.63) is 60.3 Å². The lowest BCUT2D eigenvalue weighted by Gasteiger charge is -2.11. The van der Waals surface area contributed by atoms with E-state index >= 15 is 0 Å². The van der Waals surface area contributed by atoms with E-state index in [0.717, 1.165) is 17.0 Å². The molecule has 1 aromatic heterocycles. The molecule has 25 heavy (non-hydrogen) atoms. The summed E-state index contributed by atoms with van der Waals surface area (Å²) in [5.74, 6) is 0.869. The third-order valence-electron chi connectivity index (χ3n) is 3.58. The quantitative estimate of drug-likeness (QED) is 0.723. The molecule has 0 saturated heterocycles. The zero-order chi connectivity index (χ0) is 17.6. The molecule has 0 unspecified atom stereocenters. The van der Waals surface area contributed by atoms with Crippen molar-refractivity contribution in [2.75, 3.05) is 19.0 Å². The lowest BCUT2D eigenvalue weighted by molar-refractivity contribution is -0.118. The second-order valence-corrected chi connectivity index (χ2v) is 5.50. The number of carbonyl (C=O) groups is 1. The van der Waals surface area contributed by atoms with Gasteiger partial charge in [0.15, 0.2) is 18.1 Å². The number of H-pyrrole nitrogens is 1. The average molecular weight is 337 g/mol. The number of ether oxygens (including phenoxy) is 2. The van der Waals surface area contributed by atoms with Crippen LogP contribution in [0.3, 0.4) is 0 Å². The van der Waals surface area contributed by atoms with Gasteiger partial charge in [0.05, 0.1) is 12.8 Å². The molecule has 0 atom stereocenters. The number of carbonyl (C=O) groups excluding carboxylic acids is 1. The molecular weight excluding hydrogens is 318 g/mol. The van der Waals surface area contributed by atoms with Crippen LogP contribution in [0, 0.1) is 6.92 Å². The Morgan fingerprint density at radius 3 is 2.64 bits per heavy atom. The number of aromatic amines is 1. The second-order valence-electron chi connectivity index (χ2n) is 5.50. The number of aryl methyl sites for hydroxylation is 1. The number of amides is 1. The van der Waals surface area contributed by atoms with E-state index in [-0.39, 0.29) is 12.5 Å². The van der Waals surface area contributed by atoms with Gasteiger partial charge in [-0.2, -0.15) is 5.10 Å². The normalized spacial score (nSPS) is 10.3. The highest BCUT2D eigenvalue weighted by Gasteiger charge is 2.08. The summed E-state index contributed by atoms with van der Waals surface area (Å²) in [7, 11) is 1.56. The highest BCUT2D eigenvalue weighted by molar-refractivity contribution is 5.92. The molecule has 2 aromatic carbocycles. The molecule has 6 heteroatoms. The van der Waals surface area contributed by atoms with Crippen LogP contribution < -0.4 is 14.8 Å². The first kappa shape index (κ1) is 16.6. The molecule has 1 heterocycles. The number of para-hydroxylation sites is 2. The van der Waals surface area contributed by atoms with Crippen LogP contribution >= 0.6 is 0 Å². The molecule has 0 bridgehead atoms. The fourth-order valence-corrected chi connectivity index (χ4v) is 2.40. The minimum Gasteiger partial charge on any atom is -0.493 e. The summed E-state index contributed by atoms with van der Waals surface area (Å²) in [5.41, 5.74) is 3.42. The molecule has 2 N–H and O–H groups in total. The Morgan fingerprint density at radius 1 is 1.12 bits per heavy atom. The Balaban J connectivity index is 1.63. The maximum absolute atomic E-state index is 12.1. The number of methoxy groups -OCH3 is 1. The van der Waals surface area contributed by atoms with E-state index in [4.69, 9.17) is 9.47 Å². The molecule has 0 fully saturated rings. The van der Waals surface area contributed by atoms with Crippen molar-refractivity contribution >= 4 is 11.6 Å². The summed E-state index contributed by atoms with van der Waals surface area (Å²) >= 11 is 0. The van der Waals surface area contributed by atoms with E-state index in [1.165, 1.54) is 0 Å². The van der Waals surface area contributed by atoms with Gasteiger partial charge in [-0.05, 0) is 37.3 Å². The molecule has 0 aliphatic carbocycles. The van der Waals surface area contributed by atoms with E-state index in [9.17, 15) is 4.79 Å². The minimum atomic E-state index is -0.249. The fraction of sp³-hybridized carbons (Fsp3) is 0.158. The number of hydrogen-bond donors (Lipinski definition) is 2. The monoisotopic (exact) mass is 337 g/mol. The van der Waals surface area contributed by atoms with Crippen LogP contribution in [0.4, 0.5) is 5.69 Å². The highest BCUT2D eigenvalue weighted by atomic mass is 16.5. The Morgan fingerprint density at radius 2 is 1.92 bits per heavy atom. The van der Waals surface area contributed by atoms with Crippen molar-refractivity contribution in [1.29, 1.82) is 0 Å². The molecule has 3 rings (SSSR count). The summed E-state index contributed by atoms with van der Waals surface area (Å²) < 4.78 is 10.7. The molecule has 0 aliphatic rings. The van der Waals surface area contributed by atoms with Gasteiger partial charge in [0.25, 0.3) is 5.91 Å². The Kier molecular flexibility index (Phi) is 4.99. The van der Waals surface area contributed by atoms with Crippen molar-refractivity contribution in [2.24, 2.45) is 0 Å². The zero-order valence-corrected chi connectivity index (χ0v) is 14.1. The van der Waals surface area contributed by atoms with Gasteiger partial charge in [-0.1, -0.05) is 24.3 Å². The first-order chi connectivity index (χ1) is 12.2. The van der Waals surface area contributed by atoms with Crippen LogP contribution in [0.1, 0.15) is 5.69 Å². The maximum Gasteiger partial charge on any atom is 0.262 e. The number of anilines is 1. The van der Waals surface area contributed by atoms with Gasteiger partial charge in [-0.3, -0.25) is 9.89 Å². The van der Waals surface area contributed by atoms with E-state index in [2.05, 4.69) is 15.5 Å². The summed E-state index contributed by atoms with van der Waals surface area (Å²) in [6, 6.07) is 16.7. The van der Waals surface area contributed by atoms with Crippen LogP contribution in [0.5, 0.6) is 11.5 Å². The second kappa shape index (κ2) is 7.53. The van der Waals surface area contributed by atoms with Gasteiger partial charge >= 0.3 is 0 Å². The third kappa shape index (κ3) is 4.17. The Bertz CT molecular complexity index is 874. The summed E-state index contributed by atoms with van der Waals surface area (Å²) in [6.45, 7) is 1.84. The van der Waals surface area contributed by atoms with Crippen molar-refractivity contribution in [3.63, 3.8) is 0 Å². The number of nitrogens with one attached hydrogen (secondary N) is 2. The van der Waals surface area contributed by atoms with E-state index < -0.39 is 0 Å². The largest absolute Gasteiger partial charge is 0.493 e. The van der Waals surface area contributed by atoms with Crippen LogP contribution in [0.2, 0.25) is 0 Å². The first-order valence-electron chi connectivity index (χ1n) is 7.84. The van der Waals surface area contributed by atoms with Gasteiger partial charge in [-0.15, -0.1) is 0 Å². The van der Waals surface area contributed by atoms with E-state index in [1.807, 2.05) is 49.4 Å². The molecule has 128 valence electrons. The molecule has 3 aromatic rings. The summed E-state index contributed by atoms with van der Waals surface area (Å²) in [4.78, 5) is 12.1. The van der Waals surface area contributed by atoms with E-state index in [1.54, 1.807) is 19.2 Å². The standard InChI is InChI=1S/C19H19N3O3/c1-13-10-16(22-21-13)14-6-5-7-15(11-14)20-19(23)12-25-18-9-4-3-8-17(18)24-2/h3-11H,12H2,1-2H3,(H,20,23)(H,21,22). The van der Waals surface area contributed by atoms with Gasteiger partial charge in [0, 0.05) is 16.9 Å². The molecule has 1 amide bonds. The van der Waals surface area contributed by atoms with Gasteiger partial charge in [-0.25, -0.2) is 0 Å². The summed E-state index contributed by atoms with van der Waals surface area (Å²) in [6.07, 6.45) is 0. The molecule has 0 spiro atoms. The lowest BCUT2D eigenvalue weighted by atomic mass is 10.1. The number of nitrogens with zero attached hydrogens (tertiary/aromatic N) is 1. The van der Waals surface area contributed by atoms with Gasteiger partial charge < -0.3 is 14.8 Å². The van der Waals surface area contributed by atoms with E-state index in [0.29, 0.717) is 17.2 Å². The van der Waals surface area contributed by atoms with Crippen molar-refractivity contribution in [3.8, 4) is 22.8 Å². The highest BCUT2D eigenvalue weighted by Crippen LogP contribution is 2.26. The van der Waals surface area contributed by atoms with Crippen molar-refractivity contribution in [1.82, 2.24) is 10.2 Å². The predicted octanol–water partition coefficient (Wildman–Crippen LogP) is 3.41. The Labute approximate surface area is 145 Å². The predicted molar refractivity (Wildman–Crippen MR) is 95.9 cm³/mol. The number of hydrogen-bond acceptors (Lipinski definition) is 4. The Hall–Kier alpha value is -3.28. The molecular formula is C19H19N3O3. The fourth-order valence-electron chi connectivity index (χ4n) is 2.40. The minimum absolute atomic E-state index is 0.105. The summed E-state index contributed by atoms with van der Waals surface area (Å²) in [5, 5.41) is 9.96. The zero-order valence-electron chi connectivity index (χ0n) is 14.1. The lowest BCUT2D eigenvalue weighted by Crippen LogP contribution is -2.20. The van der Waals surface area contributed by atoms with Gasteiger partial charge in [0.2, 0.25) is 0 Å². The van der Waals surface area contributed by atoms with Gasteiger partial charge in [0.1, 0.15) is 0 Å². The van der Waals surface area contributed by atoms with Crippen molar-refractivity contribution < 1.29 is 14.3 Å². The SMILES string of the molecule is COc1ccccc1OCC(=O)Nc1cccc(-c2cc(C)[nH]n2)c1. The smallest absolute Gasteiger partial charge is 0.262 e. The van der Waals surface area contributed by atoms with Crippen LogP contribution in [0.25, 0.3) is 11.3 Å².